The first-order valence-electron chi connectivity index (χ1n) is 5.77. The predicted octanol–water partition coefficient (Wildman–Crippen LogP) is 0.567. The van der Waals surface area contributed by atoms with Gasteiger partial charge in [0, 0.05) is 19.2 Å². The highest BCUT2D eigenvalue weighted by Crippen LogP contribution is 1.98. The Morgan fingerprint density at radius 1 is 1.28 bits per heavy atom. The van der Waals surface area contributed by atoms with E-state index in [2.05, 4.69) is 10.6 Å². The Bertz CT molecular complexity index is 392. The van der Waals surface area contributed by atoms with Crippen LogP contribution in [-0.2, 0) is 9.53 Å². The maximum Gasteiger partial charge on any atom is 0.251 e. The third-order valence-corrected chi connectivity index (χ3v) is 2.38. The van der Waals surface area contributed by atoms with E-state index < -0.39 is 6.04 Å². The molecule has 2 amide bonds. The average molecular weight is 250 g/mol. The van der Waals surface area contributed by atoms with Gasteiger partial charge in [0.1, 0.15) is 6.04 Å². The van der Waals surface area contributed by atoms with Crippen LogP contribution in [0.3, 0.4) is 0 Å². The van der Waals surface area contributed by atoms with Crippen molar-refractivity contribution in [3.63, 3.8) is 0 Å². The first kappa shape index (κ1) is 14.2. The second kappa shape index (κ2) is 7.45. The minimum Gasteiger partial charge on any atom is -0.383 e. The van der Waals surface area contributed by atoms with Crippen LogP contribution < -0.4 is 10.6 Å². The number of hydrogen-bond acceptors (Lipinski definition) is 3. The van der Waals surface area contributed by atoms with E-state index in [0.717, 1.165) is 0 Å². The molecular formula is C13H18N2O3. The molecule has 0 fully saturated rings. The number of nitrogens with one attached hydrogen (secondary N) is 2. The summed E-state index contributed by atoms with van der Waals surface area (Å²) in [6.07, 6.45) is 0. The van der Waals surface area contributed by atoms with Crippen molar-refractivity contribution in [1.82, 2.24) is 10.6 Å². The Hall–Kier alpha value is -1.88. The largest absolute Gasteiger partial charge is 0.383 e. The van der Waals surface area contributed by atoms with Gasteiger partial charge in [-0.15, -0.1) is 0 Å². The molecule has 1 unspecified atom stereocenters. The molecule has 0 bridgehead atoms. The molecule has 0 aliphatic rings. The van der Waals surface area contributed by atoms with Gasteiger partial charge >= 0.3 is 0 Å². The molecule has 2 N–H and O–H groups in total. The number of amides is 2. The van der Waals surface area contributed by atoms with E-state index in [9.17, 15) is 9.59 Å². The molecule has 18 heavy (non-hydrogen) atoms. The third-order valence-electron chi connectivity index (χ3n) is 2.38. The van der Waals surface area contributed by atoms with Crippen LogP contribution in [0.25, 0.3) is 0 Å². The maximum atomic E-state index is 11.8. The molecule has 5 heteroatoms. The Labute approximate surface area is 107 Å². The highest BCUT2D eigenvalue weighted by molar-refractivity contribution is 5.97. The van der Waals surface area contributed by atoms with E-state index >= 15 is 0 Å². The summed E-state index contributed by atoms with van der Waals surface area (Å²) in [6, 6.07) is 8.21. The number of benzene rings is 1. The van der Waals surface area contributed by atoms with Crippen LogP contribution in [-0.4, -0.2) is 38.1 Å². The summed E-state index contributed by atoms with van der Waals surface area (Å²) in [4.78, 5) is 23.4. The van der Waals surface area contributed by atoms with Gasteiger partial charge in [0.05, 0.1) is 6.61 Å². The fourth-order valence-electron chi connectivity index (χ4n) is 1.36. The lowest BCUT2D eigenvalue weighted by atomic mass is 10.2. The van der Waals surface area contributed by atoms with Crippen LogP contribution in [0.4, 0.5) is 0 Å². The van der Waals surface area contributed by atoms with Crippen molar-refractivity contribution in [3.8, 4) is 0 Å². The normalized spacial score (nSPS) is 11.7. The van der Waals surface area contributed by atoms with Crippen LogP contribution in [0.15, 0.2) is 30.3 Å². The molecular weight excluding hydrogens is 232 g/mol. The Morgan fingerprint density at radius 3 is 2.56 bits per heavy atom. The van der Waals surface area contributed by atoms with Crippen LogP contribution in [0.2, 0.25) is 0 Å². The van der Waals surface area contributed by atoms with E-state index in [1.54, 1.807) is 38.3 Å². The smallest absolute Gasteiger partial charge is 0.251 e. The number of rotatable bonds is 6. The number of carbonyl (C=O) groups is 2. The van der Waals surface area contributed by atoms with Crippen molar-refractivity contribution in [2.75, 3.05) is 20.3 Å². The molecule has 1 aromatic carbocycles. The van der Waals surface area contributed by atoms with E-state index in [4.69, 9.17) is 4.74 Å². The summed E-state index contributed by atoms with van der Waals surface area (Å²) in [6.45, 7) is 2.52. The molecule has 0 aliphatic carbocycles. The summed E-state index contributed by atoms with van der Waals surface area (Å²) in [5, 5.41) is 5.29. The fraction of sp³-hybridized carbons (Fsp3) is 0.385. The van der Waals surface area contributed by atoms with Crippen molar-refractivity contribution >= 4 is 11.8 Å². The zero-order valence-corrected chi connectivity index (χ0v) is 10.6. The summed E-state index contributed by atoms with van der Waals surface area (Å²) < 4.78 is 4.82. The first-order chi connectivity index (χ1) is 8.65. The molecule has 0 saturated heterocycles. The fourth-order valence-corrected chi connectivity index (χ4v) is 1.36. The molecule has 5 nitrogen and oxygen atoms in total. The SMILES string of the molecule is COCCNC(=O)C(C)NC(=O)c1ccccc1. The van der Waals surface area contributed by atoms with Gasteiger partial charge in [0.15, 0.2) is 0 Å². The second-order valence-electron chi connectivity index (χ2n) is 3.85. The summed E-state index contributed by atoms with van der Waals surface area (Å²) in [5.41, 5.74) is 0.536. The lowest BCUT2D eigenvalue weighted by molar-refractivity contribution is -0.122. The van der Waals surface area contributed by atoms with Gasteiger partial charge in [-0.25, -0.2) is 0 Å². The van der Waals surface area contributed by atoms with Crippen molar-refractivity contribution in [1.29, 1.82) is 0 Å². The van der Waals surface area contributed by atoms with E-state index in [0.29, 0.717) is 18.7 Å². The predicted molar refractivity (Wildman–Crippen MR) is 68.3 cm³/mol. The quantitative estimate of drug-likeness (QED) is 0.725. The second-order valence-corrected chi connectivity index (χ2v) is 3.85. The number of ether oxygens (including phenoxy) is 1. The first-order valence-corrected chi connectivity index (χ1v) is 5.77. The van der Waals surface area contributed by atoms with Gasteiger partial charge in [0.25, 0.3) is 5.91 Å². The minimum atomic E-state index is -0.574. The van der Waals surface area contributed by atoms with Crippen LogP contribution >= 0.6 is 0 Å². The van der Waals surface area contributed by atoms with Crippen molar-refractivity contribution in [3.05, 3.63) is 35.9 Å². The summed E-state index contributed by atoms with van der Waals surface area (Å²) in [7, 11) is 1.56. The number of hydrogen-bond donors (Lipinski definition) is 2. The molecule has 1 rings (SSSR count). The standard InChI is InChI=1S/C13H18N2O3/c1-10(12(16)14-8-9-18-2)15-13(17)11-6-4-3-5-7-11/h3-7,10H,8-9H2,1-2H3,(H,14,16)(H,15,17). The molecule has 1 atom stereocenters. The summed E-state index contributed by atoms with van der Waals surface area (Å²) >= 11 is 0. The molecule has 98 valence electrons. The monoisotopic (exact) mass is 250 g/mol. The van der Waals surface area contributed by atoms with Crippen LogP contribution in [0.1, 0.15) is 17.3 Å². The topological polar surface area (TPSA) is 67.4 Å². The average Bonchev–Trinajstić information content (AvgIpc) is 2.39. The Kier molecular flexibility index (Phi) is 5.87. The van der Waals surface area contributed by atoms with Gasteiger partial charge in [-0.2, -0.15) is 0 Å². The highest BCUT2D eigenvalue weighted by Gasteiger charge is 2.15. The van der Waals surface area contributed by atoms with Gasteiger partial charge in [-0.05, 0) is 19.1 Å². The molecule has 0 saturated carbocycles. The maximum absolute atomic E-state index is 11.8. The number of methoxy groups -OCH3 is 1. The minimum absolute atomic E-state index is 0.226. The Balaban J connectivity index is 2.42. The lowest BCUT2D eigenvalue weighted by Gasteiger charge is -2.13. The zero-order valence-electron chi connectivity index (χ0n) is 10.6. The van der Waals surface area contributed by atoms with E-state index in [1.807, 2.05) is 6.07 Å². The lowest BCUT2D eigenvalue weighted by Crippen LogP contribution is -2.45. The highest BCUT2D eigenvalue weighted by atomic mass is 16.5. The molecule has 0 aromatic heterocycles. The van der Waals surface area contributed by atoms with Crippen molar-refractivity contribution in [2.24, 2.45) is 0 Å². The molecule has 0 spiro atoms. The molecule has 1 aromatic rings. The van der Waals surface area contributed by atoms with Gasteiger partial charge in [-0.1, -0.05) is 18.2 Å². The van der Waals surface area contributed by atoms with Crippen molar-refractivity contribution in [2.45, 2.75) is 13.0 Å². The Morgan fingerprint density at radius 2 is 1.94 bits per heavy atom. The zero-order chi connectivity index (χ0) is 13.4. The van der Waals surface area contributed by atoms with E-state index in [-0.39, 0.29) is 11.8 Å². The van der Waals surface area contributed by atoms with Crippen LogP contribution in [0, 0.1) is 0 Å². The molecule has 0 radical (unpaired) electrons. The van der Waals surface area contributed by atoms with Gasteiger partial charge < -0.3 is 15.4 Å². The van der Waals surface area contributed by atoms with Crippen LogP contribution in [0.5, 0.6) is 0 Å². The van der Waals surface area contributed by atoms with Crippen molar-refractivity contribution < 1.29 is 14.3 Å². The van der Waals surface area contributed by atoms with E-state index in [1.165, 1.54) is 0 Å². The van der Waals surface area contributed by atoms with Gasteiger partial charge in [0.2, 0.25) is 5.91 Å². The third kappa shape index (κ3) is 4.55. The van der Waals surface area contributed by atoms with Gasteiger partial charge in [-0.3, -0.25) is 9.59 Å². The summed E-state index contributed by atoms with van der Waals surface area (Å²) in [5.74, 6) is -0.485. The molecule has 0 aliphatic heterocycles. The number of carbonyl (C=O) groups excluding carboxylic acids is 2. The molecule has 0 heterocycles.